The number of aromatic nitrogens is 3. The van der Waals surface area contributed by atoms with E-state index in [9.17, 15) is 4.79 Å². The Morgan fingerprint density at radius 3 is 2.68 bits per heavy atom. The minimum Gasteiger partial charge on any atom is -0.473 e. The second-order valence-corrected chi connectivity index (χ2v) is 11.8. The normalized spacial score (nSPS) is 17.7. The number of ether oxygens (including phenoxy) is 2. The number of carbonyl (C=O) groups excluding carboxylic acids is 1. The molecule has 1 amide bonds. The molecule has 0 bridgehead atoms. The van der Waals surface area contributed by atoms with Gasteiger partial charge in [0.15, 0.2) is 5.65 Å². The van der Waals surface area contributed by atoms with E-state index in [-0.39, 0.29) is 24.1 Å². The van der Waals surface area contributed by atoms with Crippen molar-refractivity contribution in [3.8, 4) is 5.88 Å². The first-order chi connectivity index (χ1) is 17.3. The molecule has 0 radical (unpaired) electrons. The van der Waals surface area contributed by atoms with Crippen LogP contribution >= 0.6 is 0 Å². The smallest absolute Gasteiger partial charge is 0.416 e. The average Bonchev–Trinajstić information content (AvgIpc) is 3.22. The number of hydrogen-bond donors (Lipinski definition) is 2. The molecule has 200 valence electrons. The lowest BCUT2D eigenvalue weighted by Crippen LogP contribution is -2.50. The van der Waals surface area contributed by atoms with Gasteiger partial charge in [0.05, 0.1) is 12.7 Å². The number of piperidine rings is 1. The molecule has 0 saturated carbocycles. The van der Waals surface area contributed by atoms with Crippen LogP contribution in [0.25, 0.3) is 5.65 Å². The zero-order valence-corrected chi connectivity index (χ0v) is 23.0. The summed E-state index contributed by atoms with van der Waals surface area (Å²) in [6.07, 6.45) is 3.20. The number of anilines is 2. The lowest BCUT2D eigenvalue weighted by atomic mass is 9.92. The zero-order valence-electron chi connectivity index (χ0n) is 23.0. The predicted octanol–water partition coefficient (Wildman–Crippen LogP) is 5.29. The number of nitrogens with one attached hydrogen (secondary N) is 1. The molecule has 1 atom stereocenters. The van der Waals surface area contributed by atoms with Gasteiger partial charge in [-0.25, -0.2) is 4.79 Å². The minimum absolute atomic E-state index is 0.0230. The summed E-state index contributed by atoms with van der Waals surface area (Å²) in [4.78, 5) is 20.0. The van der Waals surface area contributed by atoms with Gasteiger partial charge < -0.3 is 20.5 Å². The van der Waals surface area contributed by atoms with E-state index in [2.05, 4.69) is 38.1 Å². The fourth-order valence-corrected chi connectivity index (χ4v) is 4.41. The molecule has 0 spiro atoms. The molecule has 4 rings (SSSR count). The van der Waals surface area contributed by atoms with Crippen LogP contribution < -0.4 is 20.7 Å². The van der Waals surface area contributed by atoms with Crippen molar-refractivity contribution < 1.29 is 14.3 Å². The second-order valence-electron chi connectivity index (χ2n) is 11.8. The third-order valence-electron chi connectivity index (χ3n) is 6.45. The third-order valence-corrected chi connectivity index (χ3v) is 6.45. The second kappa shape index (κ2) is 10.2. The van der Waals surface area contributed by atoms with E-state index in [0.29, 0.717) is 23.0 Å². The van der Waals surface area contributed by atoms with Gasteiger partial charge in [-0.2, -0.15) is 14.6 Å². The summed E-state index contributed by atoms with van der Waals surface area (Å²) in [5.74, 6) is 1.17. The highest BCUT2D eigenvalue weighted by Gasteiger charge is 2.30. The lowest BCUT2D eigenvalue weighted by Gasteiger charge is -2.35. The van der Waals surface area contributed by atoms with Crippen LogP contribution in [0.1, 0.15) is 78.4 Å². The number of amides is 1. The number of rotatable bonds is 6. The van der Waals surface area contributed by atoms with Gasteiger partial charge >= 0.3 is 6.09 Å². The van der Waals surface area contributed by atoms with Gasteiger partial charge in [0.2, 0.25) is 5.88 Å². The van der Waals surface area contributed by atoms with E-state index in [1.807, 2.05) is 45.0 Å². The Bertz CT molecular complexity index is 1250. The van der Waals surface area contributed by atoms with Crippen molar-refractivity contribution in [2.45, 2.75) is 91.0 Å². The Morgan fingerprint density at radius 1 is 1.30 bits per heavy atom. The third kappa shape index (κ3) is 6.52. The summed E-state index contributed by atoms with van der Waals surface area (Å²) >= 11 is 0. The summed E-state index contributed by atoms with van der Waals surface area (Å²) in [5.41, 5.74) is 8.58. The first-order valence-corrected chi connectivity index (χ1v) is 13.0. The number of nitrogen functional groups attached to an aromatic ring is 1. The van der Waals surface area contributed by atoms with E-state index in [4.69, 9.17) is 20.2 Å². The van der Waals surface area contributed by atoms with Crippen molar-refractivity contribution in [3.05, 3.63) is 47.7 Å². The molecule has 1 aliphatic rings. The molecular weight excluding hydrogens is 468 g/mol. The zero-order chi connectivity index (χ0) is 27.0. The van der Waals surface area contributed by atoms with Crippen LogP contribution in [0.15, 0.2) is 36.5 Å². The maximum absolute atomic E-state index is 13.6. The fourth-order valence-electron chi connectivity index (χ4n) is 4.41. The fraction of sp³-hybridized carbons (Fsp3) is 0.536. The van der Waals surface area contributed by atoms with Crippen molar-refractivity contribution in [2.75, 3.05) is 17.2 Å². The van der Waals surface area contributed by atoms with Crippen molar-refractivity contribution >= 4 is 23.2 Å². The molecule has 2 aromatic heterocycles. The molecule has 0 aliphatic carbocycles. The molecule has 1 saturated heterocycles. The summed E-state index contributed by atoms with van der Waals surface area (Å²) in [7, 11) is 0. The van der Waals surface area contributed by atoms with Crippen LogP contribution in [0.5, 0.6) is 5.88 Å². The molecule has 0 unspecified atom stereocenters. The van der Waals surface area contributed by atoms with Gasteiger partial charge in [-0.15, -0.1) is 0 Å². The van der Waals surface area contributed by atoms with Crippen LogP contribution in [0.2, 0.25) is 0 Å². The van der Waals surface area contributed by atoms with Gasteiger partial charge in [0.1, 0.15) is 17.5 Å². The van der Waals surface area contributed by atoms with E-state index < -0.39 is 11.7 Å². The Labute approximate surface area is 219 Å². The molecular formula is C28H40N6O3. The number of nitrogens with zero attached hydrogens (tertiary/aromatic N) is 4. The van der Waals surface area contributed by atoms with Crippen LogP contribution in [0.3, 0.4) is 0 Å². The number of fused-ring (bicyclic) bond motifs is 1. The highest BCUT2D eigenvalue weighted by atomic mass is 16.6. The molecule has 9 nitrogen and oxygen atoms in total. The maximum Gasteiger partial charge on any atom is 0.416 e. The van der Waals surface area contributed by atoms with Gasteiger partial charge in [0.25, 0.3) is 0 Å². The molecule has 3 aromatic rings. The van der Waals surface area contributed by atoms with E-state index in [1.54, 1.807) is 21.7 Å². The molecule has 1 aliphatic heterocycles. The average molecular weight is 509 g/mol. The molecule has 9 heteroatoms. The molecule has 1 fully saturated rings. The van der Waals surface area contributed by atoms with Crippen molar-refractivity contribution in [2.24, 2.45) is 0 Å². The molecule has 1 aromatic carbocycles. The van der Waals surface area contributed by atoms with Crippen LogP contribution in [0, 0.1) is 0 Å². The van der Waals surface area contributed by atoms with Crippen LogP contribution in [0.4, 0.5) is 16.3 Å². The quantitative estimate of drug-likeness (QED) is 0.436. The predicted molar refractivity (Wildman–Crippen MR) is 146 cm³/mol. The Kier molecular flexibility index (Phi) is 7.37. The number of carbonyl (C=O) groups is 1. The van der Waals surface area contributed by atoms with Gasteiger partial charge in [-0.3, -0.25) is 4.90 Å². The highest BCUT2D eigenvalue weighted by molar-refractivity contribution is 5.87. The van der Waals surface area contributed by atoms with Crippen molar-refractivity contribution in [1.29, 1.82) is 0 Å². The van der Waals surface area contributed by atoms with E-state index >= 15 is 0 Å². The number of hydrogen-bond acceptors (Lipinski definition) is 7. The summed E-state index contributed by atoms with van der Waals surface area (Å²) in [6.45, 7) is 15.1. The van der Waals surface area contributed by atoms with Gasteiger partial charge in [-0.05, 0) is 71.1 Å². The van der Waals surface area contributed by atoms with Crippen molar-refractivity contribution in [1.82, 2.24) is 19.9 Å². The minimum atomic E-state index is -0.676. The summed E-state index contributed by atoms with van der Waals surface area (Å²) < 4.78 is 13.9. The van der Waals surface area contributed by atoms with Gasteiger partial charge in [-0.1, -0.05) is 26.0 Å². The Hall–Kier alpha value is -3.33. The van der Waals surface area contributed by atoms with Crippen LogP contribution in [-0.2, 0) is 11.3 Å². The number of nitrogens with two attached hydrogens (primary N) is 1. The van der Waals surface area contributed by atoms with Crippen molar-refractivity contribution in [3.63, 3.8) is 0 Å². The lowest BCUT2D eigenvalue weighted by molar-refractivity contribution is 0.0575. The molecule has 3 N–H and O–H groups in total. The monoisotopic (exact) mass is 508 g/mol. The SMILES string of the molecule is CC(C)c1cnn2c(N(Cc3cccc(N)c3)C(=O)OC(C)(C)C)cc(O[C@@H]3CCC(C)(C)NC3)nc12. The summed E-state index contributed by atoms with van der Waals surface area (Å²) in [5, 5.41) is 8.16. The standard InChI is InChI=1S/C28H40N6O3/c1-18(2)22-16-31-34-24(14-23(32-25(22)34)36-21-11-12-28(6,7)30-15-21)33(26(35)37-27(3,4)5)17-19-9-8-10-20(29)13-19/h8-10,13-14,16,18,21,30H,11-12,15,17,29H2,1-7H3/t21-/m1/s1. The molecule has 3 heterocycles. The largest absolute Gasteiger partial charge is 0.473 e. The molecule has 37 heavy (non-hydrogen) atoms. The topological polar surface area (TPSA) is 107 Å². The number of benzene rings is 1. The first-order valence-electron chi connectivity index (χ1n) is 13.0. The Morgan fingerprint density at radius 2 is 2.05 bits per heavy atom. The van der Waals surface area contributed by atoms with E-state index in [0.717, 1.165) is 30.5 Å². The highest BCUT2D eigenvalue weighted by Crippen LogP contribution is 2.30. The summed E-state index contributed by atoms with van der Waals surface area (Å²) in [6, 6.07) is 9.25. The Balaban J connectivity index is 1.79. The van der Waals surface area contributed by atoms with E-state index in [1.165, 1.54) is 0 Å². The maximum atomic E-state index is 13.6. The van der Waals surface area contributed by atoms with Crippen LogP contribution in [-0.4, -0.2) is 44.5 Å². The van der Waals surface area contributed by atoms with Gasteiger partial charge in [0, 0.05) is 29.4 Å². The first kappa shape index (κ1) is 26.7.